The molecule has 0 bridgehead atoms. The van der Waals surface area contributed by atoms with Gasteiger partial charge in [-0.05, 0) is 17.7 Å². The summed E-state index contributed by atoms with van der Waals surface area (Å²) < 4.78 is 5.40. The number of amides is 1. The van der Waals surface area contributed by atoms with Gasteiger partial charge in [-0.25, -0.2) is 0 Å². The van der Waals surface area contributed by atoms with Crippen LogP contribution in [0.1, 0.15) is 11.1 Å². The van der Waals surface area contributed by atoms with Crippen molar-refractivity contribution in [1.82, 2.24) is 10.2 Å². The van der Waals surface area contributed by atoms with E-state index < -0.39 is 0 Å². The summed E-state index contributed by atoms with van der Waals surface area (Å²) in [6.07, 6.45) is 0. The number of benzene rings is 1. The molecule has 1 saturated heterocycles. The number of nitrogens with one attached hydrogen (secondary N) is 1. The average molecular weight is 288 g/mol. The van der Waals surface area contributed by atoms with Crippen LogP contribution in [0.2, 0.25) is 0 Å². The lowest BCUT2D eigenvalue weighted by molar-refractivity contribution is -0.132. The fourth-order valence-electron chi connectivity index (χ4n) is 2.36. The molecule has 1 aliphatic rings. The maximum Gasteiger partial charge on any atom is 0.239 e. The molecule has 0 spiro atoms. The van der Waals surface area contributed by atoms with Crippen LogP contribution >= 0.6 is 0 Å². The molecule has 2 N–H and O–H groups in total. The first-order chi connectivity index (χ1) is 10.2. The first-order valence-electron chi connectivity index (χ1n) is 6.96. The second-order valence-corrected chi connectivity index (χ2v) is 4.84. The molecule has 0 saturated carbocycles. The Balaban J connectivity index is 2.10. The predicted octanol–water partition coefficient (Wildman–Crippen LogP) is -0.0228. The molecule has 112 valence electrons. The third-order valence-corrected chi connectivity index (χ3v) is 3.41. The minimum atomic E-state index is -0.254. The number of morpholine rings is 1. The maximum absolute atomic E-state index is 11.9. The van der Waals surface area contributed by atoms with E-state index in [9.17, 15) is 4.79 Å². The molecule has 1 amide bonds. The number of rotatable bonds is 3. The van der Waals surface area contributed by atoms with E-state index in [4.69, 9.17) is 9.84 Å². The molecule has 0 aliphatic carbocycles. The SMILES string of the molecule is CNC(=O)C1COCCN1Cc1cccc(C#CCO)c1. The molecule has 1 aromatic rings. The first-order valence-corrected chi connectivity index (χ1v) is 6.96. The van der Waals surface area contributed by atoms with Crippen molar-refractivity contribution in [3.8, 4) is 11.8 Å². The van der Waals surface area contributed by atoms with E-state index in [1.807, 2.05) is 24.3 Å². The smallest absolute Gasteiger partial charge is 0.239 e. The van der Waals surface area contributed by atoms with E-state index >= 15 is 0 Å². The van der Waals surface area contributed by atoms with Crippen LogP contribution in [0.3, 0.4) is 0 Å². The van der Waals surface area contributed by atoms with Gasteiger partial charge in [0.1, 0.15) is 12.6 Å². The van der Waals surface area contributed by atoms with Gasteiger partial charge in [-0.3, -0.25) is 9.69 Å². The number of carbonyl (C=O) groups excluding carboxylic acids is 1. The zero-order chi connectivity index (χ0) is 15.1. The third-order valence-electron chi connectivity index (χ3n) is 3.41. The number of aliphatic hydroxyl groups excluding tert-OH is 1. The Labute approximate surface area is 124 Å². The summed E-state index contributed by atoms with van der Waals surface area (Å²) in [5.74, 6) is 5.51. The third kappa shape index (κ3) is 4.30. The Morgan fingerprint density at radius 2 is 2.43 bits per heavy atom. The fraction of sp³-hybridized carbons (Fsp3) is 0.438. The quantitative estimate of drug-likeness (QED) is 0.767. The number of likely N-dealkylation sites (N-methyl/N-ethyl adjacent to an activating group) is 1. The van der Waals surface area contributed by atoms with Gasteiger partial charge in [0.15, 0.2) is 0 Å². The number of carbonyl (C=O) groups is 1. The summed E-state index contributed by atoms with van der Waals surface area (Å²) in [4.78, 5) is 14.0. The molecule has 21 heavy (non-hydrogen) atoms. The van der Waals surface area contributed by atoms with E-state index in [2.05, 4.69) is 22.1 Å². The van der Waals surface area contributed by atoms with Crippen molar-refractivity contribution >= 4 is 5.91 Å². The molecule has 1 unspecified atom stereocenters. The van der Waals surface area contributed by atoms with Crippen LogP contribution in [0.4, 0.5) is 0 Å². The minimum Gasteiger partial charge on any atom is -0.384 e. The predicted molar refractivity (Wildman–Crippen MR) is 79.5 cm³/mol. The Morgan fingerprint density at radius 3 is 3.19 bits per heavy atom. The molecule has 1 atom stereocenters. The molecule has 1 heterocycles. The number of hydrogen-bond donors (Lipinski definition) is 2. The van der Waals surface area contributed by atoms with Crippen LogP contribution in [0.15, 0.2) is 24.3 Å². The van der Waals surface area contributed by atoms with Gasteiger partial charge >= 0.3 is 0 Å². The lowest BCUT2D eigenvalue weighted by atomic mass is 10.1. The molecule has 2 rings (SSSR count). The van der Waals surface area contributed by atoms with Crippen molar-refractivity contribution in [3.63, 3.8) is 0 Å². The Kier molecular flexibility index (Phi) is 5.76. The summed E-state index contributed by atoms with van der Waals surface area (Å²) >= 11 is 0. The van der Waals surface area contributed by atoms with E-state index in [1.54, 1.807) is 7.05 Å². The Morgan fingerprint density at radius 1 is 1.57 bits per heavy atom. The standard InChI is InChI=1S/C16H20N2O3/c1-17-16(20)15-12-21-9-7-18(15)11-14-5-2-4-13(10-14)6-3-8-19/h2,4-5,10,15,19H,7-9,11-12H2,1H3,(H,17,20). The molecule has 0 aromatic heterocycles. The highest BCUT2D eigenvalue weighted by molar-refractivity contribution is 5.81. The fourth-order valence-corrected chi connectivity index (χ4v) is 2.36. The van der Waals surface area contributed by atoms with Gasteiger partial charge < -0.3 is 15.2 Å². The topological polar surface area (TPSA) is 61.8 Å². The van der Waals surface area contributed by atoms with Gasteiger partial charge in [-0.15, -0.1) is 0 Å². The summed E-state index contributed by atoms with van der Waals surface area (Å²) in [6.45, 7) is 2.31. The molecule has 1 fully saturated rings. The summed E-state index contributed by atoms with van der Waals surface area (Å²) in [6, 6.07) is 7.59. The van der Waals surface area contributed by atoms with Crippen molar-refractivity contribution < 1.29 is 14.6 Å². The largest absolute Gasteiger partial charge is 0.384 e. The molecular formula is C16H20N2O3. The van der Waals surface area contributed by atoms with Crippen LogP contribution in [0.5, 0.6) is 0 Å². The maximum atomic E-state index is 11.9. The van der Waals surface area contributed by atoms with Gasteiger partial charge in [0, 0.05) is 25.7 Å². The summed E-state index contributed by atoms with van der Waals surface area (Å²) in [7, 11) is 1.64. The van der Waals surface area contributed by atoms with Gasteiger partial charge in [0.25, 0.3) is 0 Å². The van der Waals surface area contributed by atoms with Crippen LogP contribution in [-0.2, 0) is 16.1 Å². The van der Waals surface area contributed by atoms with Crippen LogP contribution in [0, 0.1) is 11.8 Å². The molecule has 5 heteroatoms. The first kappa shape index (κ1) is 15.5. The second-order valence-electron chi connectivity index (χ2n) is 4.84. The zero-order valence-corrected chi connectivity index (χ0v) is 12.1. The van der Waals surface area contributed by atoms with Crippen molar-refractivity contribution in [3.05, 3.63) is 35.4 Å². The summed E-state index contributed by atoms with van der Waals surface area (Å²) in [5.41, 5.74) is 1.96. The van der Waals surface area contributed by atoms with Crippen molar-refractivity contribution in [2.24, 2.45) is 0 Å². The molecule has 1 aliphatic heterocycles. The molecule has 0 radical (unpaired) electrons. The average Bonchev–Trinajstić information content (AvgIpc) is 2.53. The number of hydrogen-bond acceptors (Lipinski definition) is 4. The van der Waals surface area contributed by atoms with Crippen LogP contribution in [-0.4, -0.2) is 55.4 Å². The minimum absolute atomic E-state index is 0.0223. The van der Waals surface area contributed by atoms with Crippen LogP contribution in [0.25, 0.3) is 0 Å². The van der Waals surface area contributed by atoms with E-state index in [0.29, 0.717) is 19.8 Å². The zero-order valence-electron chi connectivity index (χ0n) is 12.1. The Hall–Kier alpha value is -1.87. The van der Waals surface area contributed by atoms with Crippen molar-refractivity contribution in [2.75, 3.05) is 33.4 Å². The highest BCUT2D eigenvalue weighted by atomic mass is 16.5. The Bertz CT molecular complexity index is 548. The van der Waals surface area contributed by atoms with Crippen molar-refractivity contribution in [2.45, 2.75) is 12.6 Å². The lowest BCUT2D eigenvalue weighted by Crippen LogP contribution is -2.52. The normalized spacial score (nSPS) is 18.7. The van der Waals surface area contributed by atoms with E-state index in [0.717, 1.165) is 17.7 Å². The number of aliphatic hydroxyl groups is 1. The molecule has 5 nitrogen and oxygen atoms in total. The number of ether oxygens (including phenoxy) is 1. The second kappa shape index (κ2) is 7.79. The number of nitrogens with zero attached hydrogens (tertiary/aromatic N) is 1. The monoisotopic (exact) mass is 288 g/mol. The highest BCUT2D eigenvalue weighted by Gasteiger charge is 2.28. The van der Waals surface area contributed by atoms with E-state index in [-0.39, 0.29) is 18.6 Å². The molecule has 1 aromatic carbocycles. The molecular weight excluding hydrogens is 268 g/mol. The summed E-state index contributed by atoms with van der Waals surface area (Å²) in [5, 5.41) is 11.4. The van der Waals surface area contributed by atoms with Gasteiger partial charge in [-0.2, -0.15) is 0 Å². The van der Waals surface area contributed by atoms with Crippen LogP contribution < -0.4 is 5.32 Å². The highest BCUT2D eigenvalue weighted by Crippen LogP contribution is 2.13. The van der Waals surface area contributed by atoms with Gasteiger partial charge in [0.05, 0.1) is 13.2 Å². The lowest BCUT2D eigenvalue weighted by Gasteiger charge is -2.34. The van der Waals surface area contributed by atoms with Crippen molar-refractivity contribution in [1.29, 1.82) is 0 Å². The van der Waals surface area contributed by atoms with E-state index in [1.165, 1.54) is 0 Å². The van der Waals surface area contributed by atoms with Gasteiger partial charge in [-0.1, -0.05) is 24.0 Å². The van der Waals surface area contributed by atoms with Gasteiger partial charge in [0.2, 0.25) is 5.91 Å².